The normalized spacial score (nSPS) is 14.9. The number of aromatic nitrogens is 2. The summed E-state index contributed by atoms with van der Waals surface area (Å²) in [5.74, 6) is 2.16. The Kier molecular flexibility index (Phi) is 8.03. The van der Waals surface area contributed by atoms with E-state index in [0.717, 1.165) is 22.9 Å². The molecule has 0 aliphatic carbocycles. The number of carbonyl (C=O) groups is 2. The van der Waals surface area contributed by atoms with Crippen LogP contribution in [0.3, 0.4) is 0 Å². The van der Waals surface area contributed by atoms with Crippen LogP contribution in [0.25, 0.3) is 0 Å². The van der Waals surface area contributed by atoms with E-state index in [-0.39, 0.29) is 23.8 Å². The molecule has 2 aromatic carbocycles. The Morgan fingerprint density at radius 2 is 1.77 bits per heavy atom. The van der Waals surface area contributed by atoms with Crippen LogP contribution < -0.4 is 14.8 Å². The minimum atomic E-state index is -0.372. The van der Waals surface area contributed by atoms with Crippen LogP contribution in [0.5, 0.6) is 11.5 Å². The summed E-state index contributed by atoms with van der Waals surface area (Å²) >= 11 is 0. The van der Waals surface area contributed by atoms with E-state index in [1.54, 1.807) is 13.3 Å². The zero-order valence-corrected chi connectivity index (χ0v) is 20.2. The van der Waals surface area contributed by atoms with Crippen LogP contribution in [0.15, 0.2) is 67.0 Å². The maximum atomic E-state index is 13.2. The molecule has 35 heavy (non-hydrogen) atoms. The Labute approximate surface area is 205 Å². The lowest BCUT2D eigenvalue weighted by Crippen LogP contribution is -2.44. The van der Waals surface area contributed by atoms with Crippen molar-refractivity contribution >= 4 is 11.8 Å². The summed E-state index contributed by atoms with van der Waals surface area (Å²) in [7, 11) is 3.54. The molecule has 1 atom stereocenters. The molecule has 0 spiro atoms. The molecule has 2 amide bonds. The lowest BCUT2D eigenvalue weighted by molar-refractivity contribution is -0.136. The second kappa shape index (κ2) is 11.6. The Balaban J connectivity index is 1.31. The van der Waals surface area contributed by atoms with Crippen LogP contribution in [0.2, 0.25) is 0 Å². The second-order valence-electron chi connectivity index (χ2n) is 8.68. The molecule has 1 saturated heterocycles. The van der Waals surface area contributed by atoms with Crippen molar-refractivity contribution in [2.24, 2.45) is 13.0 Å². The number of nitrogens with one attached hydrogen (secondary N) is 1. The maximum Gasteiger partial charge on any atom is 0.225 e. The van der Waals surface area contributed by atoms with E-state index in [0.29, 0.717) is 39.0 Å². The number of benzene rings is 2. The van der Waals surface area contributed by atoms with Crippen LogP contribution in [0.1, 0.15) is 36.7 Å². The Morgan fingerprint density at radius 3 is 2.40 bits per heavy atom. The first-order chi connectivity index (χ1) is 17.0. The zero-order chi connectivity index (χ0) is 24.6. The van der Waals surface area contributed by atoms with Gasteiger partial charge in [-0.3, -0.25) is 9.59 Å². The standard InChI is InChI=1S/C27H32N4O4/c1-30-18-15-28-26(30)25(20-8-10-22(34-2)11-9-20)29-27(33)21-12-16-31(17-13-21)24(32)14-19-35-23-6-4-3-5-7-23/h3-11,15,18,21,25H,12-14,16-17,19H2,1-2H3,(H,29,33). The lowest BCUT2D eigenvalue weighted by Gasteiger charge is -2.32. The highest BCUT2D eigenvalue weighted by Gasteiger charge is 2.30. The Morgan fingerprint density at radius 1 is 1.06 bits per heavy atom. The highest BCUT2D eigenvalue weighted by molar-refractivity contribution is 5.80. The van der Waals surface area contributed by atoms with Crippen molar-refractivity contribution in [1.82, 2.24) is 19.8 Å². The van der Waals surface area contributed by atoms with Crippen molar-refractivity contribution in [3.05, 3.63) is 78.4 Å². The third-order valence-electron chi connectivity index (χ3n) is 6.40. The summed E-state index contributed by atoms with van der Waals surface area (Å²) < 4.78 is 12.8. The summed E-state index contributed by atoms with van der Waals surface area (Å²) in [5, 5.41) is 3.19. The van der Waals surface area contributed by atoms with Crippen LogP contribution in [-0.4, -0.2) is 53.1 Å². The number of imidazole rings is 1. The number of para-hydroxylation sites is 1. The minimum absolute atomic E-state index is 0.0201. The molecular weight excluding hydrogens is 444 g/mol. The molecule has 184 valence electrons. The number of amides is 2. The number of methoxy groups -OCH3 is 1. The van der Waals surface area contributed by atoms with Crippen molar-refractivity contribution in [3.8, 4) is 11.5 Å². The molecular formula is C27H32N4O4. The van der Waals surface area contributed by atoms with Crippen molar-refractivity contribution < 1.29 is 19.1 Å². The zero-order valence-electron chi connectivity index (χ0n) is 20.2. The Bertz CT molecular complexity index is 1110. The van der Waals surface area contributed by atoms with E-state index in [1.165, 1.54) is 0 Å². The summed E-state index contributed by atoms with van der Waals surface area (Å²) in [6.45, 7) is 1.48. The van der Waals surface area contributed by atoms with Gasteiger partial charge in [-0.1, -0.05) is 30.3 Å². The number of piperidine rings is 1. The number of nitrogens with zero attached hydrogens (tertiary/aromatic N) is 3. The molecule has 0 bridgehead atoms. The average molecular weight is 477 g/mol. The van der Waals surface area contributed by atoms with Crippen molar-refractivity contribution in [1.29, 1.82) is 0 Å². The molecule has 1 N–H and O–H groups in total. The van der Waals surface area contributed by atoms with Gasteiger partial charge in [-0.2, -0.15) is 0 Å². The van der Waals surface area contributed by atoms with E-state index in [9.17, 15) is 9.59 Å². The largest absolute Gasteiger partial charge is 0.497 e. The van der Waals surface area contributed by atoms with Gasteiger partial charge in [0.1, 0.15) is 23.4 Å². The number of hydrogen-bond acceptors (Lipinski definition) is 5. The van der Waals surface area contributed by atoms with Crippen molar-refractivity contribution in [2.75, 3.05) is 26.8 Å². The molecule has 1 aromatic heterocycles. The van der Waals surface area contributed by atoms with E-state index in [2.05, 4.69) is 10.3 Å². The number of likely N-dealkylation sites (tertiary alicyclic amines) is 1. The van der Waals surface area contributed by atoms with E-state index in [4.69, 9.17) is 9.47 Å². The third-order valence-corrected chi connectivity index (χ3v) is 6.40. The molecule has 1 aliphatic heterocycles. The van der Waals surface area contributed by atoms with Crippen LogP contribution >= 0.6 is 0 Å². The highest BCUT2D eigenvalue weighted by Crippen LogP contribution is 2.25. The minimum Gasteiger partial charge on any atom is -0.497 e. The summed E-state index contributed by atoms with van der Waals surface area (Å²) in [6.07, 6.45) is 5.18. The predicted molar refractivity (Wildman–Crippen MR) is 132 cm³/mol. The molecule has 1 aliphatic rings. The number of carbonyl (C=O) groups excluding carboxylic acids is 2. The second-order valence-corrected chi connectivity index (χ2v) is 8.68. The SMILES string of the molecule is COc1ccc(C(NC(=O)C2CCN(C(=O)CCOc3ccccc3)CC2)c2nccn2C)cc1. The average Bonchev–Trinajstić information content (AvgIpc) is 3.33. The molecule has 0 radical (unpaired) electrons. The lowest BCUT2D eigenvalue weighted by atomic mass is 9.94. The monoisotopic (exact) mass is 476 g/mol. The van der Waals surface area contributed by atoms with Gasteiger partial charge in [-0.25, -0.2) is 4.98 Å². The fourth-order valence-corrected chi connectivity index (χ4v) is 4.33. The van der Waals surface area contributed by atoms with E-state index in [1.807, 2.05) is 77.3 Å². The Hall–Kier alpha value is -3.81. The molecule has 8 heteroatoms. The van der Waals surface area contributed by atoms with Crippen molar-refractivity contribution in [2.45, 2.75) is 25.3 Å². The fourth-order valence-electron chi connectivity index (χ4n) is 4.33. The van der Waals surface area contributed by atoms with Gasteiger partial charge in [0.2, 0.25) is 11.8 Å². The molecule has 0 saturated carbocycles. The fraction of sp³-hybridized carbons (Fsp3) is 0.370. The van der Waals surface area contributed by atoms with Gasteiger partial charge < -0.3 is 24.3 Å². The summed E-state index contributed by atoms with van der Waals surface area (Å²) in [4.78, 5) is 32.1. The summed E-state index contributed by atoms with van der Waals surface area (Å²) in [6, 6.07) is 16.7. The molecule has 4 rings (SSSR count). The van der Waals surface area contributed by atoms with Gasteiger partial charge in [0.05, 0.1) is 20.1 Å². The predicted octanol–water partition coefficient (Wildman–Crippen LogP) is 3.34. The smallest absolute Gasteiger partial charge is 0.225 e. The van der Waals surface area contributed by atoms with Crippen LogP contribution in [0, 0.1) is 5.92 Å². The first-order valence-corrected chi connectivity index (χ1v) is 11.9. The maximum absolute atomic E-state index is 13.2. The van der Waals surface area contributed by atoms with Gasteiger partial charge in [0.25, 0.3) is 0 Å². The topological polar surface area (TPSA) is 85.7 Å². The quantitative estimate of drug-likeness (QED) is 0.512. The molecule has 3 aromatic rings. The van der Waals surface area contributed by atoms with Gasteiger partial charge in [0.15, 0.2) is 0 Å². The first-order valence-electron chi connectivity index (χ1n) is 11.9. The van der Waals surface area contributed by atoms with Crippen LogP contribution in [-0.2, 0) is 16.6 Å². The number of ether oxygens (including phenoxy) is 2. The van der Waals surface area contributed by atoms with E-state index >= 15 is 0 Å². The third kappa shape index (κ3) is 6.20. The summed E-state index contributed by atoms with van der Waals surface area (Å²) in [5.41, 5.74) is 0.930. The van der Waals surface area contributed by atoms with Gasteiger partial charge in [0, 0.05) is 38.4 Å². The number of hydrogen-bond donors (Lipinski definition) is 1. The van der Waals surface area contributed by atoms with Gasteiger partial charge in [-0.15, -0.1) is 0 Å². The van der Waals surface area contributed by atoms with Gasteiger partial charge >= 0.3 is 0 Å². The van der Waals surface area contributed by atoms with E-state index < -0.39 is 0 Å². The molecule has 2 heterocycles. The molecule has 1 unspecified atom stereocenters. The van der Waals surface area contributed by atoms with Crippen molar-refractivity contribution in [3.63, 3.8) is 0 Å². The van der Waals surface area contributed by atoms with Crippen LogP contribution in [0.4, 0.5) is 0 Å². The first kappa shape index (κ1) is 24.3. The number of rotatable bonds is 9. The molecule has 8 nitrogen and oxygen atoms in total. The molecule has 1 fully saturated rings. The highest BCUT2D eigenvalue weighted by atomic mass is 16.5. The number of aryl methyl sites for hydroxylation is 1. The van der Waals surface area contributed by atoms with Gasteiger partial charge in [-0.05, 0) is 42.7 Å².